The summed E-state index contributed by atoms with van der Waals surface area (Å²) in [6.07, 6.45) is 1.88. The van der Waals surface area contributed by atoms with Crippen molar-refractivity contribution in [2.75, 3.05) is 31.1 Å². The van der Waals surface area contributed by atoms with E-state index in [0.29, 0.717) is 0 Å². The molecular formula is C25H26ClN5. The molecule has 0 unspecified atom stereocenters. The Morgan fingerprint density at radius 1 is 0.903 bits per heavy atom. The highest BCUT2D eigenvalue weighted by molar-refractivity contribution is 5.97. The molecule has 31 heavy (non-hydrogen) atoms. The highest BCUT2D eigenvalue weighted by Gasteiger charge is 2.18. The van der Waals surface area contributed by atoms with Crippen LogP contribution in [-0.2, 0) is 6.54 Å². The molecule has 1 aliphatic rings. The van der Waals surface area contributed by atoms with Gasteiger partial charge < -0.3 is 28.4 Å². The zero-order valence-electron chi connectivity index (χ0n) is 17.4. The first-order valence-electron chi connectivity index (χ1n) is 10.5. The molecule has 158 valence electrons. The number of hydrogen-bond donors (Lipinski definition) is 2. The van der Waals surface area contributed by atoms with Crippen molar-refractivity contribution >= 4 is 16.7 Å². The van der Waals surface area contributed by atoms with Crippen LogP contribution in [-0.4, -0.2) is 36.1 Å². The summed E-state index contributed by atoms with van der Waals surface area (Å²) in [5.74, 6) is 1.03. The van der Waals surface area contributed by atoms with E-state index in [9.17, 15) is 0 Å². The fourth-order valence-corrected chi connectivity index (χ4v) is 4.10. The van der Waals surface area contributed by atoms with E-state index in [2.05, 4.69) is 76.6 Å². The van der Waals surface area contributed by atoms with Crippen molar-refractivity contribution in [1.29, 1.82) is 0 Å². The number of aromatic nitrogens is 2. The highest BCUT2D eigenvalue weighted by Crippen LogP contribution is 2.36. The standard InChI is InChI=1S/C25H25N5.ClH/c26-17-18-6-8-20(9-7-18)24-21(19-4-2-1-3-5-19)16-22-23(29-24)10-11-28-25(22)30-14-12-27-13-15-30;/h1-11,16,27H,12-15,17,26H2;1H. The number of anilines is 1. The van der Waals surface area contributed by atoms with Crippen LogP contribution in [0.1, 0.15) is 5.56 Å². The number of pyridine rings is 2. The second kappa shape index (κ2) is 9.43. The first kappa shape index (κ1) is 21.2. The van der Waals surface area contributed by atoms with Crippen molar-refractivity contribution in [3.05, 3.63) is 78.5 Å². The van der Waals surface area contributed by atoms with E-state index in [4.69, 9.17) is 9.97 Å². The summed E-state index contributed by atoms with van der Waals surface area (Å²) in [6, 6.07) is 23.4. The average Bonchev–Trinajstić information content (AvgIpc) is 2.84. The Hall–Kier alpha value is -2.99. The number of nitrogens with zero attached hydrogens (tertiary/aromatic N) is 3. The third-order valence-corrected chi connectivity index (χ3v) is 5.74. The Kier molecular flexibility index (Phi) is 6.47. The maximum absolute atomic E-state index is 5.13. The first-order chi connectivity index (χ1) is 14.8. The van der Waals surface area contributed by atoms with Gasteiger partial charge in [0.25, 0.3) is 0 Å². The van der Waals surface area contributed by atoms with E-state index < -0.39 is 0 Å². The summed E-state index contributed by atoms with van der Waals surface area (Å²) < 4.78 is 0. The molecule has 0 spiro atoms. The molecule has 4 N–H and O–H groups in total. The first-order valence-corrected chi connectivity index (χ1v) is 10.5. The van der Waals surface area contributed by atoms with Crippen molar-refractivity contribution in [2.24, 2.45) is 0 Å². The van der Waals surface area contributed by atoms with Crippen LogP contribution in [0.4, 0.5) is 5.82 Å². The molecule has 4 aromatic rings. The number of piperazine rings is 1. The fraction of sp³-hybridized carbons (Fsp3) is 0.200. The van der Waals surface area contributed by atoms with Crippen LogP contribution in [0.3, 0.4) is 0 Å². The molecule has 1 saturated heterocycles. The number of rotatable bonds is 4. The zero-order chi connectivity index (χ0) is 20.3. The van der Waals surface area contributed by atoms with Gasteiger partial charge in [-0.05, 0) is 17.7 Å². The smallest absolute Gasteiger partial charge is 0.138 e. The van der Waals surface area contributed by atoms with Crippen molar-refractivity contribution < 1.29 is 18.1 Å². The fourth-order valence-electron chi connectivity index (χ4n) is 4.10. The SMILES string of the molecule is [Cl-].[NH3+]Cc1ccc(-c2nc3ccnc(N4CCNCC4)c3cc2-c2ccccc2)cc1. The summed E-state index contributed by atoms with van der Waals surface area (Å²) in [6.45, 7) is 4.67. The molecule has 5 rings (SSSR count). The van der Waals surface area contributed by atoms with Crippen LogP contribution in [0.15, 0.2) is 72.9 Å². The topological polar surface area (TPSA) is 68.7 Å². The number of nitrogens with one attached hydrogen (secondary N) is 1. The Morgan fingerprint density at radius 3 is 2.35 bits per heavy atom. The van der Waals surface area contributed by atoms with E-state index in [1.165, 1.54) is 11.1 Å². The third-order valence-electron chi connectivity index (χ3n) is 5.74. The van der Waals surface area contributed by atoms with E-state index in [0.717, 1.165) is 66.3 Å². The summed E-state index contributed by atoms with van der Waals surface area (Å²) in [4.78, 5) is 12.2. The molecule has 6 heteroatoms. The number of fused-ring (bicyclic) bond motifs is 1. The molecule has 0 bridgehead atoms. The van der Waals surface area contributed by atoms with Gasteiger partial charge in [0.15, 0.2) is 0 Å². The Morgan fingerprint density at radius 2 is 1.65 bits per heavy atom. The zero-order valence-corrected chi connectivity index (χ0v) is 18.1. The van der Waals surface area contributed by atoms with Gasteiger partial charge in [-0.25, -0.2) is 9.97 Å². The second-order valence-corrected chi connectivity index (χ2v) is 7.64. The summed E-state index contributed by atoms with van der Waals surface area (Å²) in [5, 5.41) is 4.53. The van der Waals surface area contributed by atoms with Gasteiger partial charge >= 0.3 is 0 Å². The van der Waals surface area contributed by atoms with Gasteiger partial charge in [0, 0.05) is 54.5 Å². The largest absolute Gasteiger partial charge is 1.00 e. The molecule has 3 heterocycles. The molecule has 0 atom stereocenters. The average molecular weight is 432 g/mol. The van der Waals surface area contributed by atoms with Gasteiger partial charge in [-0.3, -0.25) is 0 Å². The third kappa shape index (κ3) is 4.26. The van der Waals surface area contributed by atoms with E-state index in [1.807, 2.05) is 12.3 Å². The van der Waals surface area contributed by atoms with Gasteiger partial charge in [0.1, 0.15) is 5.82 Å². The second-order valence-electron chi connectivity index (χ2n) is 7.64. The van der Waals surface area contributed by atoms with Gasteiger partial charge in [-0.2, -0.15) is 0 Å². The minimum atomic E-state index is 0. The number of quaternary nitrogens is 1. The van der Waals surface area contributed by atoms with Crippen LogP contribution in [0, 0.1) is 0 Å². The number of halogens is 1. The highest BCUT2D eigenvalue weighted by atomic mass is 35.5. The minimum absolute atomic E-state index is 0. The van der Waals surface area contributed by atoms with Gasteiger partial charge in [-0.1, -0.05) is 54.6 Å². The Bertz CT molecular complexity index is 1160. The van der Waals surface area contributed by atoms with Crippen molar-refractivity contribution in [1.82, 2.24) is 15.3 Å². The predicted octanol–water partition coefficient (Wildman–Crippen LogP) is 0.119. The molecule has 0 amide bonds. The Balaban J connectivity index is 0.00000231. The molecule has 2 aromatic heterocycles. The predicted molar refractivity (Wildman–Crippen MR) is 122 cm³/mol. The van der Waals surface area contributed by atoms with Crippen LogP contribution >= 0.6 is 0 Å². The van der Waals surface area contributed by atoms with Crippen LogP contribution in [0.2, 0.25) is 0 Å². The molecule has 1 aliphatic heterocycles. The summed E-state index contributed by atoms with van der Waals surface area (Å²) >= 11 is 0. The lowest BCUT2D eigenvalue weighted by Crippen LogP contribution is -3.00. The summed E-state index contributed by atoms with van der Waals surface area (Å²) in [7, 11) is 0. The van der Waals surface area contributed by atoms with Gasteiger partial charge in [-0.15, -0.1) is 0 Å². The lowest BCUT2D eigenvalue weighted by molar-refractivity contribution is -0.386. The van der Waals surface area contributed by atoms with Crippen LogP contribution < -0.4 is 28.4 Å². The molecule has 1 fully saturated rings. The maximum Gasteiger partial charge on any atom is 0.138 e. The lowest BCUT2D eigenvalue weighted by atomic mass is 9.97. The van der Waals surface area contributed by atoms with Gasteiger partial charge in [0.05, 0.1) is 17.8 Å². The van der Waals surface area contributed by atoms with Gasteiger partial charge in [0.2, 0.25) is 0 Å². The summed E-state index contributed by atoms with van der Waals surface area (Å²) in [5.41, 5.74) is 10.6. The molecule has 0 saturated carbocycles. The van der Waals surface area contributed by atoms with Crippen LogP contribution in [0.25, 0.3) is 33.3 Å². The van der Waals surface area contributed by atoms with Crippen LogP contribution in [0.5, 0.6) is 0 Å². The number of benzene rings is 2. The van der Waals surface area contributed by atoms with Crippen molar-refractivity contribution in [2.45, 2.75) is 6.54 Å². The number of hydrogen-bond acceptors (Lipinski definition) is 4. The van der Waals surface area contributed by atoms with Crippen molar-refractivity contribution in [3.63, 3.8) is 0 Å². The molecular weight excluding hydrogens is 406 g/mol. The van der Waals surface area contributed by atoms with E-state index >= 15 is 0 Å². The van der Waals surface area contributed by atoms with E-state index in [-0.39, 0.29) is 12.4 Å². The Labute approximate surface area is 188 Å². The van der Waals surface area contributed by atoms with E-state index in [1.54, 1.807) is 0 Å². The normalized spacial score (nSPS) is 13.8. The maximum atomic E-state index is 5.13. The quantitative estimate of drug-likeness (QED) is 0.481. The molecule has 0 radical (unpaired) electrons. The minimum Gasteiger partial charge on any atom is -1.00 e. The monoisotopic (exact) mass is 431 g/mol. The van der Waals surface area contributed by atoms with Crippen molar-refractivity contribution in [3.8, 4) is 22.4 Å². The molecule has 0 aliphatic carbocycles. The molecule has 5 nitrogen and oxygen atoms in total. The molecule has 2 aromatic carbocycles. The lowest BCUT2D eigenvalue weighted by Gasteiger charge is -2.29.